The number of nitrogens with zero attached hydrogens (tertiary/aromatic N) is 7. The minimum Gasteiger partial charge on any atom is -0.356 e. The molecule has 1 aliphatic rings. The molecule has 1 fully saturated rings. The maximum absolute atomic E-state index is 4.50. The van der Waals surface area contributed by atoms with Crippen molar-refractivity contribution >= 4 is 17.7 Å². The Kier molecular flexibility index (Phi) is 7.57. The normalized spacial score (nSPS) is 17.5. The lowest BCUT2D eigenvalue weighted by Crippen LogP contribution is -2.40. The van der Waals surface area contributed by atoms with Crippen molar-refractivity contribution in [2.24, 2.45) is 18.0 Å². The van der Waals surface area contributed by atoms with Crippen LogP contribution in [0.4, 0.5) is 0 Å². The molecule has 1 N–H and O–H groups in total. The van der Waals surface area contributed by atoms with Crippen molar-refractivity contribution in [3.8, 4) is 0 Å². The summed E-state index contributed by atoms with van der Waals surface area (Å²) in [7, 11) is 3.84. The summed E-state index contributed by atoms with van der Waals surface area (Å²) in [5.41, 5.74) is 1.32. The van der Waals surface area contributed by atoms with Crippen molar-refractivity contribution in [2.45, 2.75) is 50.7 Å². The summed E-state index contributed by atoms with van der Waals surface area (Å²) in [6.07, 6.45) is 9.24. The highest BCUT2D eigenvalue weighted by Gasteiger charge is 2.26. The van der Waals surface area contributed by atoms with Crippen LogP contribution in [0, 0.1) is 5.92 Å². The van der Waals surface area contributed by atoms with E-state index in [1.165, 1.54) is 5.56 Å². The first-order valence-corrected chi connectivity index (χ1v) is 11.6. The third kappa shape index (κ3) is 5.52. The van der Waals surface area contributed by atoms with Crippen LogP contribution < -0.4 is 5.32 Å². The van der Waals surface area contributed by atoms with Gasteiger partial charge in [0.25, 0.3) is 0 Å². The summed E-state index contributed by atoms with van der Waals surface area (Å²) < 4.78 is 4.15. The summed E-state index contributed by atoms with van der Waals surface area (Å²) in [6, 6.07) is 0. The first kappa shape index (κ1) is 21.7. The molecule has 0 saturated carbocycles. The monoisotopic (exact) mass is 418 g/mol. The third-order valence-corrected chi connectivity index (χ3v) is 5.95. The van der Waals surface area contributed by atoms with Crippen molar-refractivity contribution in [1.29, 1.82) is 0 Å². The molecular weight excluding hydrogens is 384 g/mol. The Morgan fingerprint density at radius 1 is 1.38 bits per heavy atom. The van der Waals surface area contributed by atoms with Gasteiger partial charge in [0.05, 0.1) is 6.20 Å². The van der Waals surface area contributed by atoms with Gasteiger partial charge < -0.3 is 14.8 Å². The predicted octanol–water partition coefficient (Wildman–Crippen LogP) is 2.39. The van der Waals surface area contributed by atoms with Crippen molar-refractivity contribution in [2.75, 3.05) is 32.9 Å². The Hall–Kier alpha value is -2.03. The number of likely N-dealkylation sites (tertiary alicyclic amines) is 1. The van der Waals surface area contributed by atoms with Crippen LogP contribution in [0.15, 0.2) is 22.5 Å². The smallest absolute Gasteiger partial charge is 0.193 e. The molecule has 3 heterocycles. The van der Waals surface area contributed by atoms with Crippen LogP contribution in [0.3, 0.4) is 0 Å². The number of hydrogen-bond acceptors (Lipinski definition) is 5. The lowest BCUT2D eigenvalue weighted by Gasteiger charge is -2.21. The van der Waals surface area contributed by atoms with Gasteiger partial charge in [-0.1, -0.05) is 25.6 Å². The summed E-state index contributed by atoms with van der Waals surface area (Å²) in [5.74, 6) is 3.18. The van der Waals surface area contributed by atoms with E-state index in [0.29, 0.717) is 11.8 Å². The van der Waals surface area contributed by atoms with Gasteiger partial charge in [0.2, 0.25) is 0 Å². The van der Waals surface area contributed by atoms with E-state index in [2.05, 4.69) is 61.4 Å². The lowest BCUT2D eigenvalue weighted by molar-refractivity contribution is 0.472. The fourth-order valence-electron chi connectivity index (χ4n) is 3.86. The van der Waals surface area contributed by atoms with Gasteiger partial charge in [0.15, 0.2) is 11.1 Å². The molecule has 3 rings (SSSR count). The van der Waals surface area contributed by atoms with Gasteiger partial charge in [-0.2, -0.15) is 5.10 Å². The molecule has 1 aliphatic heterocycles. The maximum atomic E-state index is 4.50. The zero-order valence-corrected chi connectivity index (χ0v) is 19.1. The van der Waals surface area contributed by atoms with Gasteiger partial charge in [-0.25, -0.2) is 0 Å². The van der Waals surface area contributed by atoms with Crippen molar-refractivity contribution in [1.82, 2.24) is 34.8 Å². The maximum Gasteiger partial charge on any atom is 0.193 e. The second-order valence-electron chi connectivity index (χ2n) is 8.06. The van der Waals surface area contributed by atoms with Crippen LogP contribution in [0.5, 0.6) is 0 Å². The number of guanidine groups is 1. The van der Waals surface area contributed by atoms with E-state index in [9.17, 15) is 0 Å². The molecule has 0 aliphatic carbocycles. The van der Waals surface area contributed by atoms with E-state index in [1.54, 1.807) is 11.8 Å². The van der Waals surface area contributed by atoms with E-state index >= 15 is 0 Å². The fourth-order valence-corrected chi connectivity index (χ4v) is 4.38. The van der Waals surface area contributed by atoms with Gasteiger partial charge in [-0.15, -0.1) is 10.2 Å². The van der Waals surface area contributed by atoms with E-state index < -0.39 is 0 Å². The van der Waals surface area contributed by atoms with E-state index in [-0.39, 0.29) is 0 Å². The molecule has 160 valence electrons. The van der Waals surface area contributed by atoms with Gasteiger partial charge in [0, 0.05) is 58.8 Å². The topological polar surface area (TPSA) is 76.2 Å². The molecule has 8 nitrogen and oxygen atoms in total. The number of aromatic nitrogens is 5. The van der Waals surface area contributed by atoms with Crippen LogP contribution in [0.1, 0.15) is 44.0 Å². The molecule has 1 atom stereocenters. The standard InChI is InChI=1S/C20H34N8S/c1-15(2)12-28-18(24-25-20(28)29-5)7-6-9-22-19(21-3)27-10-8-16(14-27)17-11-23-26(4)13-17/h11,13,15-16H,6-10,12,14H2,1-5H3,(H,21,22). The molecule has 9 heteroatoms. The number of hydrogen-bond donors (Lipinski definition) is 1. The third-order valence-electron chi connectivity index (χ3n) is 5.28. The Balaban J connectivity index is 1.48. The molecular formula is C20H34N8S. The van der Waals surface area contributed by atoms with Gasteiger partial charge in [0.1, 0.15) is 5.82 Å². The molecule has 1 saturated heterocycles. The van der Waals surface area contributed by atoms with Crippen molar-refractivity contribution in [3.05, 3.63) is 23.8 Å². The Bertz CT molecular complexity index is 809. The van der Waals surface area contributed by atoms with Crippen LogP contribution >= 0.6 is 11.8 Å². The quantitative estimate of drug-likeness (QED) is 0.307. The zero-order valence-electron chi connectivity index (χ0n) is 18.3. The number of thioether (sulfide) groups is 1. The SMILES string of the molecule is CN=C(NCCCc1nnc(SC)n1CC(C)C)N1CCC(c2cnn(C)c2)C1. The molecule has 0 spiro atoms. The van der Waals surface area contributed by atoms with Crippen molar-refractivity contribution in [3.63, 3.8) is 0 Å². The Labute approximate surface area is 178 Å². The lowest BCUT2D eigenvalue weighted by atomic mass is 10.0. The number of nitrogens with one attached hydrogen (secondary N) is 1. The molecule has 2 aromatic heterocycles. The summed E-state index contributed by atoms with van der Waals surface area (Å²) in [4.78, 5) is 6.85. The Morgan fingerprint density at radius 2 is 2.21 bits per heavy atom. The molecule has 0 bridgehead atoms. The average molecular weight is 419 g/mol. The number of rotatable bonds is 8. The molecule has 2 aromatic rings. The zero-order chi connectivity index (χ0) is 20.8. The van der Waals surface area contributed by atoms with Gasteiger partial charge in [-0.05, 0) is 30.6 Å². The summed E-state index contributed by atoms with van der Waals surface area (Å²) in [6.45, 7) is 8.33. The van der Waals surface area contributed by atoms with Crippen LogP contribution in [-0.4, -0.2) is 68.3 Å². The highest BCUT2D eigenvalue weighted by atomic mass is 32.2. The summed E-state index contributed by atoms with van der Waals surface area (Å²) in [5, 5.41) is 17.6. The highest BCUT2D eigenvalue weighted by Crippen LogP contribution is 2.26. The van der Waals surface area contributed by atoms with Crippen LogP contribution in [0.25, 0.3) is 0 Å². The summed E-state index contributed by atoms with van der Waals surface area (Å²) >= 11 is 1.66. The van der Waals surface area contributed by atoms with Crippen LogP contribution in [0.2, 0.25) is 0 Å². The molecule has 0 amide bonds. The van der Waals surface area contributed by atoms with Crippen molar-refractivity contribution < 1.29 is 0 Å². The fraction of sp³-hybridized carbons (Fsp3) is 0.700. The average Bonchev–Trinajstić information content (AvgIpc) is 3.42. The van der Waals surface area contributed by atoms with Gasteiger partial charge >= 0.3 is 0 Å². The minimum atomic E-state index is 0.529. The second-order valence-corrected chi connectivity index (χ2v) is 8.84. The predicted molar refractivity (Wildman–Crippen MR) is 118 cm³/mol. The number of aryl methyl sites for hydroxylation is 2. The molecule has 0 radical (unpaired) electrons. The second kappa shape index (κ2) is 10.1. The van der Waals surface area contributed by atoms with E-state index in [0.717, 1.165) is 62.4 Å². The molecule has 1 unspecified atom stereocenters. The largest absolute Gasteiger partial charge is 0.356 e. The minimum absolute atomic E-state index is 0.529. The van der Waals surface area contributed by atoms with E-state index in [4.69, 9.17) is 0 Å². The highest BCUT2D eigenvalue weighted by molar-refractivity contribution is 7.98. The molecule has 29 heavy (non-hydrogen) atoms. The number of aliphatic imine (C=N–C) groups is 1. The van der Waals surface area contributed by atoms with Gasteiger partial charge in [-0.3, -0.25) is 9.67 Å². The molecule has 0 aromatic carbocycles. The van der Waals surface area contributed by atoms with E-state index in [1.807, 2.05) is 25.0 Å². The first-order valence-electron chi connectivity index (χ1n) is 10.4. The van der Waals surface area contributed by atoms with Crippen LogP contribution in [-0.2, 0) is 20.0 Å². The first-order chi connectivity index (χ1) is 14.0. The Morgan fingerprint density at radius 3 is 2.86 bits per heavy atom.